The zero-order valence-corrected chi connectivity index (χ0v) is 24.9. The van der Waals surface area contributed by atoms with Crippen LogP contribution in [0.25, 0.3) is 5.65 Å². The van der Waals surface area contributed by atoms with Gasteiger partial charge in [-0.1, -0.05) is 13.8 Å². The summed E-state index contributed by atoms with van der Waals surface area (Å²) in [4.78, 5) is 30.9. The van der Waals surface area contributed by atoms with Gasteiger partial charge in [-0.05, 0) is 52.9 Å². The molecule has 11 nitrogen and oxygen atoms in total. The highest BCUT2D eigenvalue weighted by Crippen LogP contribution is 2.27. The highest BCUT2D eigenvalue weighted by molar-refractivity contribution is 5.78. The van der Waals surface area contributed by atoms with E-state index >= 15 is 0 Å². The molecule has 2 aromatic heterocycles. The standard InChI is InChI=1S/C14H26N2O.C9H13N5O.C2H5NO.2C2H2/c1-14(2,3)15-11-6-8-12(9-7-11)16-10-4-5-13(16)17;1-9(2,4-15)6-3-7-11-5-12-8(10)14(7)13-6;1-2(3)4;2*1-2/h11-12,15H,4-10H2,1-3H3;3,5,15H,4H2,1-2H3,(H2,10,11,12);1H3,(H2,3,4);2*1-2H. The maximum Gasteiger partial charge on any atom is 0.224 e. The lowest BCUT2D eigenvalue weighted by atomic mass is 9.89. The summed E-state index contributed by atoms with van der Waals surface area (Å²) in [7, 11) is 0. The highest BCUT2D eigenvalue weighted by atomic mass is 16.3. The number of aliphatic hydroxyl groups is 1. The molecule has 2 aromatic rings. The molecular formula is C29H48N8O3. The Hall–Kier alpha value is -3.67. The number of terminal acetylenes is 2. The Morgan fingerprint density at radius 1 is 1.10 bits per heavy atom. The zero-order valence-electron chi connectivity index (χ0n) is 24.9. The second kappa shape index (κ2) is 17.1. The molecule has 2 fully saturated rings. The van der Waals surface area contributed by atoms with Gasteiger partial charge in [0.25, 0.3) is 0 Å². The van der Waals surface area contributed by atoms with Crippen molar-refractivity contribution in [3.63, 3.8) is 0 Å². The number of aliphatic hydroxyl groups excluding tert-OH is 1. The van der Waals surface area contributed by atoms with E-state index in [1.165, 1.54) is 43.4 Å². The second-order valence-corrected chi connectivity index (χ2v) is 11.3. The molecule has 0 atom stereocenters. The topological polar surface area (TPSA) is 165 Å². The molecule has 0 unspecified atom stereocenters. The molecular weight excluding hydrogens is 508 g/mol. The van der Waals surface area contributed by atoms with Crippen LogP contribution in [-0.2, 0) is 15.0 Å². The minimum atomic E-state index is -0.403. The molecule has 0 spiro atoms. The first-order valence-corrected chi connectivity index (χ1v) is 13.3. The van der Waals surface area contributed by atoms with Gasteiger partial charge in [0.2, 0.25) is 17.8 Å². The van der Waals surface area contributed by atoms with E-state index in [0.29, 0.717) is 29.6 Å². The van der Waals surface area contributed by atoms with Crippen molar-refractivity contribution in [1.29, 1.82) is 0 Å². The predicted molar refractivity (Wildman–Crippen MR) is 160 cm³/mol. The molecule has 1 saturated carbocycles. The van der Waals surface area contributed by atoms with Crippen molar-refractivity contribution in [3.05, 3.63) is 18.1 Å². The summed E-state index contributed by atoms with van der Waals surface area (Å²) in [6, 6.07) is 2.97. The van der Waals surface area contributed by atoms with E-state index in [0.717, 1.165) is 25.1 Å². The molecule has 222 valence electrons. The number of primary amides is 1. The van der Waals surface area contributed by atoms with Gasteiger partial charge in [-0.15, -0.1) is 25.7 Å². The largest absolute Gasteiger partial charge is 0.395 e. The Bertz CT molecular complexity index is 1080. The number of anilines is 1. The van der Waals surface area contributed by atoms with Crippen LogP contribution >= 0.6 is 0 Å². The van der Waals surface area contributed by atoms with Crippen LogP contribution in [0.3, 0.4) is 0 Å². The van der Waals surface area contributed by atoms with Crippen molar-refractivity contribution in [2.24, 2.45) is 5.73 Å². The lowest BCUT2D eigenvalue weighted by Crippen LogP contribution is -2.48. The smallest absolute Gasteiger partial charge is 0.224 e. The van der Waals surface area contributed by atoms with Crippen molar-refractivity contribution in [1.82, 2.24) is 29.8 Å². The van der Waals surface area contributed by atoms with Gasteiger partial charge < -0.3 is 26.8 Å². The quantitative estimate of drug-likeness (QED) is 0.417. The van der Waals surface area contributed by atoms with Crippen molar-refractivity contribution in [2.45, 2.75) is 103 Å². The van der Waals surface area contributed by atoms with E-state index in [4.69, 9.17) is 5.73 Å². The predicted octanol–water partition coefficient (Wildman–Crippen LogP) is 2.27. The first-order valence-electron chi connectivity index (χ1n) is 13.3. The van der Waals surface area contributed by atoms with Gasteiger partial charge in [-0.25, -0.2) is 9.97 Å². The molecule has 3 heterocycles. The Labute approximate surface area is 239 Å². The van der Waals surface area contributed by atoms with Crippen molar-refractivity contribution in [3.8, 4) is 25.7 Å². The van der Waals surface area contributed by atoms with Crippen LogP contribution in [0.1, 0.15) is 85.8 Å². The van der Waals surface area contributed by atoms with Gasteiger partial charge >= 0.3 is 0 Å². The average molecular weight is 557 g/mol. The van der Waals surface area contributed by atoms with Crippen molar-refractivity contribution < 1.29 is 14.7 Å². The number of hydrogen-bond donors (Lipinski definition) is 4. The van der Waals surface area contributed by atoms with Gasteiger partial charge in [-0.3, -0.25) is 9.59 Å². The minimum absolute atomic E-state index is 0.0181. The molecule has 1 aliphatic carbocycles. The number of fused-ring (bicyclic) bond motifs is 1. The molecule has 1 saturated heterocycles. The average Bonchev–Trinajstić information content (AvgIpc) is 3.54. The van der Waals surface area contributed by atoms with Gasteiger partial charge in [0.15, 0.2) is 5.65 Å². The van der Waals surface area contributed by atoms with E-state index in [-0.39, 0.29) is 18.1 Å². The number of aromatic nitrogens is 4. The number of nitrogens with zero attached hydrogens (tertiary/aromatic N) is 5. The van der Waals surface area contributed by atoms with Gasteiger partial charge in [-0.2, -0.15) is 9.61 Å². The maximum absolute atomic E-state index is 11.7. The molecule has 11 heteroatoms. The van der Waals surface area contributed by atoms with Crippen LogP contribution < -0.4 is 16.8 Å². The van der Waals surface area contributed by atoms with Crippen LogP contribution in [0.2, 0.25) is 0 Å². The molecule has 2 aliphatic rings. The summed E-state index contributed by atoms with van der Waals surface area (Å²) < 4.78 is 1.47. The summed E-state index contributed by atoms with van der Waals surface area (Å²) in [6.45, 7) is 12.8. The molecule has 0 aromatic carbocycles. The summed E-state index contributed by atoms with van der Waals surface area (Å²) >= 11 is 0. The van der Waals surface area contributed by atoms with Crippen molar-refractivity contribution in [2.75, 3.05) is 18.9 Å². The summed E-state index contributed by atoms with van der Waals surface area (Å²) in [5.41, 5.74) is 11.3. The third-order valence-electron chi connectivity index (χ3n) is 6.26. The molecule has 6 N–H and O–H groups in total. The number of rotatable bonds is 4. The van der Waals surface area contributed by atoms with E-state index in [1.54, 1.807) is 6.07 Å². The lowest BCUT2D eigenvalue weighted by molar-refractivity contribution is -0.130. The molecule has 0 bridgehead atoms. The summed E-state index contributed by atoms with van der Waals surface area (Å²) in [5.74, 6) is 0.345. The van der Waals surface area contributed by atoms with E-state index < -0.39 is 5.41 Å². The SMILES string of the molecule is C#C.C#C.CC(C)(C)NC1CCC(N2CCCC2=O)CC1.CC(C)(CO)c1cc2ncnc(N)n2n1.CC(N)=O. The highest BCUT2D eigenvalue weighted by Gasteiger charge is 2.32. The van der Waals surface area contributed by atoms with Crippen LogP contribution in [0.5, 0.6) is 0 Å². The van der Waals surface area contributed by atoms with Gasteiger partial charge in [0.1, 0.15) is 6.33 Å². The minimum Gasteiger partial charge on any atom is -0.395 e. The number of carbonyl (C=O) groups is 2. The monoisotopic (exact) mass is 556 g/mol. The lowest BCUT2D eigenvalue weighted by Gasteiger charge is -2.37. The normalized spacial score (nSPS) is 18.5. The number of amides is 2. The van der Waals surface area contributed by atoms with Crippen LogP contribution in [0.4, 0.5) is 5.95 Å². The molecule has 0 radical (unpaired) electrons. The fourth-order valence-corrected chi connectivity index (χ4v) is 4.44. The Morgan fingerprint density at radius 2 is 1.65 bits per heavy atom. The molecule has 40 heavy (non-hydrogen) atoms. The number of likely N-dealkylation sites (tertiary alicyclic amines) is 1. The third-order valence-corrected chi connectivity index (χ3v) is 6.26. The second-order valence-electron chi connectivity index (χ2n) is 11.3. The summed E-state index contributed by atoms with van der Waals surface area (Å²) in [6.07, 6.45) is 24.0. The number of nitrogens with two attached hydrogens (primary N) is 2. The van der Waals surface area contributed by atoms with Crippen LogP contribution in [0, 0.1) is 25.7 Å². The number of nitrogen functional groups attached to an aromatic ring is 1. The Kier molecular flexibility index (Phi) is 15.5. The first kappa shape index (κ1) is 36.3. The van der Waals surface area contributed by atoms with E-state index in [2.05, 4.69) is 77.5 Å². The third kappa shape index (κ3) is 12.0. The molecule has 2 amide bonds. The van der Waals surface area contributed by atoms with Crippen molar-refractivity contribution >= 4 is 23.4 Å². The fraction of sp³-hybridized carbons (Fsp3) is 0.621. The van der Waals surface area contributed by atoms with Crippen LogP contribution in [0.15, 0.2) is 12.4 Å². The number of hydrogen-bond acceptors (Lipinski definition) is 8. The zero-order chi connectivity index (χ0) is 31.1. The van der Waals surface area contributed by atoms with Gasteiger partial charge in [0.05, 0.1) is 12.3 Å². The first-order chi connectivity index (χ1) is 18.7. The fourth-order valence-electron chi connectivity index (χ4n) is 4.44. The molecule has 4 rings (SSSR count). The Morgan fingerprint density at radius 3 is 2.08 bits per heavy atom. The van der Waals surface area contributed by atoms with Crippen LogP contribution in [-0.4, -0.2) is 72.2 Å². The number of nitrogens with one attached hydrogen (secondary N) is 1. The Balaban J connectivity index is 0.000000608. The maximum atomic E-state index is 11.7. The number of carbonyl (C=O) groups excluding carboxylic acids is 2. The van der Waals surface area contributed by atoms with E-state index in [9.17, 15) is 14.7 Å². The molecule has 1 aliphatic heterocycles. The van der Waals surface area contributed by atoms with Gasteiger partial charge in [0, 0.05) is 49.0 Å². The van der Waals surface area contributed by atoms with E-state index in [1.807, 2.05) is 13.8 Å². The summed E-state index contributed by atoms with van der Waals surface area (Å²) in [5, 5.41) is 17.2.